The molecule has 0 amide bonds. The van der Waals surface area contributed by atoms with Crippen molar-refractivity contribution in [2.75, 3.05) is 18.2 Å². The predicted molar refractivity (Wildman–Crippen MR) is 134 cm³/mol. The molecule has 1 N–H and O–H groups in total. The molecular formula is C25H27ClN4O3S. The molecule has 178 valence electrons. The van der Waals surface area contributed by atoms with Gasteiger partial charge in [0.15, 0.2) is 0 Å². The molecule has 1 unspecified atom stereocenters. The number of benzene rings is 2. The normalized spacial score (nSPS) is 15.0. The fourth-order valence-electron chi connectivity index (χ4n) is 3.77. The Bertz CT molecular complexity index is 1210. The zero-order chi connectivity index (χ0) is 24.1. The van der Waals surface area contributed by atoms with Crippen LogP contribution in [0.3, 0.4) is 0 Å². The number of esters is 1. The van der Waals surface area contributed by atoms with E-state index in [9.17, 15) is 4.79 Å². The Morgan fingerprint density at radius 3 is 2.74 bits per heavy atom. The van der Waals surface area contributed by atoms with Gasteiger partial charge >= 0.3 is 5.97 Å². The fourth-order valence-corrected chi connectivity index (χ4v) is 4.87. The third-order valence-corrected chi connectivity index (χ3v) is 6.81. The summed E-state index contributed by atoms with van der Waals surface area (Å²) < 4.78 is 13.1. The molecule has 0 spiro atoms. The van der Waals surface area contributed by atoms with Crippen molar-refractivity contribution in [2.24, 2.45) is 0 Å². The number of fused-ring (bicyclic) bond motifs is 1. The number of hydrogen-bond acceptors (Lipinski definition) is 7. The molecule has 1 aliphatic rings. The zero-order valence-corrected chi connectivity index (χ0v) is 20.9. The van der Waals surface area contributed by atoms with Crippen LogP contribution in [0.15, 0.2) is 65.0 Å². The number of halogens is 1. The van der Waals surface area contributed by atoms with Crippen molar-refractivity contribution in [2.45, 2.75) is 44.5 Å². The van der Waals surface area contributed by atoms with E-state index in [0.29, 0.717) is 39.8 Å². The Balaban J connectivity index is 1.74. The summed E-state index contributed by atoms with van der Waals surface area (Å²) in [5.41, 5.74) is 2.79. The lowest BCUT2D eigenvalue weighted by Crippen LogP contribution is -2.29. The summed E-state index contributed by atoms with van der Waals surface area (Å²) in [6.45, 7) is 4.29. The number of carbonyl (C=O) groups excluding carboxylic acids is 1. The highest BCUT2D eigenvalue weighted by molar-refractivity contribution is 7.99. The van der Waals surface area contributed by atoms with Crippen LogP contribution in [0.5, 0.6) is 5.75 Å². The van der Waals surface area contributed by atoms with Gasteiger partial charge in [-0.1, -0.05) is 73.1 Å². The molecule has 0 saturated carbocycles. The van der Waals surface area contributed by atoms with Crippen LogP contribution < -0.4 is 10.1 Å². The van der Waals surface area contributed by atoms with E-state index in [1.807, 2.05) is 55.5 Å². The number of unbranched alkanes of at least 4 members (excludes halogenated alkanes) is 1. The molecular weight excluding hydrogens is 472 g/mol. The molecule has 2 aromatic carbocycles. The zero-order valence-electron chi connectivity index (χ0n) is 19.4. The highest BCUT2D eigenvalue weighted by Crippen LogP contribution is 2.40. The van der Waals surface area contributed by atoms with Crippen LogP contribution in [-0.4, -0.2) is 33.6 Å². The number of para-hydroxylation sites is 1. The van der Waals surface area contributed by atoms with Crippen LogP contribution in [0.1, 0.15) is 43.9 Å². The topological polar surface area (TPSA) is 78.3 Å². The Morgan fingerprint density at radius 1 is 1.21 bits per heavy atom. The van der Waals surface area contributed by atoms with Crippen LogP contribution in [0, 0.1) is 0 Å². The van der Waals surface area contributed by atoms with E-state index in [1.54, 1.807) is 16.4 Å². The second-order valence-corrected chi connectivity index (χ2v) is 9.31. The average Bonchev–Trinajstić information content (AvgIpc) is 3.25. The Hall–Kier alpha value is -2.97. The molecule has 2 heterocycles. The van der Waals surface area contributed by atoms with Crippen molar-refractivity contribution in [1.29, 1.82) is 0 Å². The minimum atomic E-state index is -0.556. The number of nitrogens with zero attached hydrogens (tertiary/aromatic N) is 3. The third kappa shape index (κ3) is 5.08. The first-order valence-electron chi connectivity index (χ1n) is 11.1. The molecule has 1 aliphatic heterocycles. The van der Waals surface area contributed by atoms with Gasteiger partial charge in [0.05, 0.1) is 12.7 Å². The second-order valence-electron chi connectivity index (χ2n) is 7.84. The summed E-state index contributed by atoms with van der Waals surface area (Å²) in [6, 6.07) is 14.6. The summed E-state index contributed by atoms with van der Waals surface area (Å²) in [5.74, 6) is 1.70. The maximum absolute atomic E-state index is 12.9. The first-order chi connectivity index (χ1) is 16.5. The van der Waals surface area contributed by atoms with Crippen LogP contribution in [0.2, 0.25) is 5.02 Å². The van der Waals surface area contributed by atoms with Crippen LogP contribution in [-0.2, 0) is 16.1 Å². The minimum absolute atomic E-state index is 0.292. The van der Waals surface area contributed by atoms with E-state index in [4.69, 9.17) is 26.2 Å². The Labute approximate surface area is 208 Å². The number of nitrogens with one attached hydrogen (secondary N) is 1. The summed E-state index contributed by atoms with van der Waals surface area (Å²) in [5, 5.41) is 9.26. The largest absolute Gasteiger partial charge is 0.488 e. The van der Waals surface area contributed by atoms with Gasteiger partial charge in [-0.3, -0.25) is 0 Å². The van der Waals surface area contributed by atoms with E-state index in [1.165, 1.54) is 7.11 Å². The standard InChI is InChI=1S/C25H27ClN4O3S/c1-4-5-14-34-25-28-24-27-16(2)21(23(31)32-3)22(30(24)29-25)18-11-7-9-13-20(18)33-15-17-10-6-8-12-19(17)26/h6-13,22H,4-5,14-15H2,1-3H3,(H,27,28,29). The van der Waals surface area contributed by atoms with Gasteiger partial charge in [-0.2, -0.15) is 4.98 Å². The van der Waals surface area contributed by atoms with Crippen LogP contribution in [0.25, 0.3) is 0 Å². The lowest BCUT2D eigenvalue weighted by atomic mass is 9.95. The molecule has 3 aromatic rings. The monoisotopic (exact) mass is 498 g/mol. The van der Waals surface area contributed by atoms with E-state index in [2.05, 4.69) is 17.2 Å². The van der Waals surface area contributed by atoms with Crippen molar-refractivity contribution < 1.29 is 14.3 Å². The number of rotatable bonds is 9. The summed E-state index contributed by atoms with van der Waals surface area (Å²) >= 11 is 7.92. The second kappa shape index (κ2) is 11.0. The molecule has 0 bridgehead atoms. The van der Waals surface area contributed by atoms with E-state index in [0.717, 1.165) is 29.7 Å². The first-order valence-corrected chi connectivity index (χ1v) is 12.5. The molecule has 34 heavy (non-hydrogen) atoms. The number of thioether (sulfide) groups is 1. The minimum Gasteiger partial charge on any atom is -0.488 e. The van der Waals surface area contributed by atoms with Gasteiger partial charge in [0.1, 0.15) is 18.4 Å². The van der Waals surface area contributed by atoms with E-state index >= 15 is 0 Å². The highest BCUT2D eigenvalue weighted by Gasteiger charge is 2.36. The summed E-state index contributed by atoms with van der Waals surface area (Å²) in [6.07, 6.45) is 2.18. The highest BCUT2D eigenvalue weighted by atomic mass is 35.5. The van der Waals surface area contributed by atoms with Gasteiger partial charge in [0, 0.05) is 27.6 Å². The molecule has 0 fully saturated rings. The van der Waals surface area contributed by atoms with Crippen molar-refractivity contribution in [3.8, 4) is 5.75 Å². The first kappa shape index (κ1) is 24.2. The van der Waals surface area contributed by atoms with Crippen LogP contribution in [0.4, 0.5) is 5.95 Å². The summed E-state index contributed by atoms with van der Waals surface area (Å²) in [4.78, 5) is 17.5. The average molecular weight is 499 g/mol. The van der Waals surface area contributed by atoms with Gasteiger partial charge in [0.25, 0.3) is 0 Å². The molecule has 1 atom stereocenters. The third-order valence-electron chi connectivity index (χ3n) is 5.52. The lowest BCUT2D eigenvalue weighted by molar-refractivity contribution is -0.136. The van der Waals surface area contributed by atoms with Gasteiger partial charge < -0.3 is 14.8 Å². The number of allylic oxidation sites excluding steroid dienone is 1. The number of aromatic nitrogens is 3. The smallest absolute Gasteiger partial charge is 0.338 e. The Kier molecular flexibility index (Phi) is 7.80. The van der Waals surface area contributed by atoms with Gasteiger partial charge in [-0.05, 0) is 25.5 Å². The molecule has 0 radical (unpaired) electrons. The number of anilines is 1. The molecule has 4 rings (SSSR count). The predicted octanol–water partition coefficient (Wildman–Crippen LogP) is 5.86. The SMILES string of the molecule is CCCCSc1nc2n(n1)C(c1ccccc1OCc1ccccc1Cl)C(C(=O)OC)=C(C)N2. The van der Waals surface area contributed by atoms with Crippen molar-refractivity contribution in [1.82, 2.24) is 14.8 Å². The lowest BCUT2D eigenvalue weighted by Gasteiger charge is -2.29. The van der Waals surface area contributed by atoms with Gasteiger partial charge in [-0.15, -0.1) is 5.10 Å². The maximum atomic E-state index is 12.9. The van der Waals surface area contributed by atoms with Crippen molar-refractivity contribution in [3.63, 3.8) is 0 Å². The molecule has 0 saturated heterocycles. The van der Waals surface area contributed by atoms with Gasteiger partial charge in [0.2, 0.25) is 11.1 Å². The summed E-state index contributed by atoms with van der Waals surface area (Å²) in [7, 11) is 1.38. The molecule has 1 aromatic heterocycles. The molecule has 7 nitrogen and oxygen atoms in total. The van der Waals surface area contributed by atoms with Crippen LogP contribution >= 0.6 is 23.4 Å². The number of methoxy groups -OCH3 is 1. The number of ether oxygens (including phenoxy) is 2. The fraction of sp³-hybridized carbons (Fsp3) is 0.320. The van der Waals surface area contributed by atoms with E-state index in [-0.39, 0.29) is 0 Å². The molecule has 0 aliphatic carbocycles. The number of carbonyl (C=O) groups is 1. The molecule has 9 heteroatoms. The maximum Gasteiger partial charge on any atom is 0.338 e. The Morgan fingerprint density at radius 2 is 1.97 bits per heavy atom. The van der Waals surface area contributed by atoms with Crippen molar-refractivity contribution >= 4 is 35.3 Å². The van der Waals surface area contributed by atoms with E-state index < -0.39 is 12.0 Å². The van der Waals surface area contributed by atoms with Gasteiger partial charge in [-0.25, -0.2) is 9.48 Å². The number of hydrogen-bond donors (Lipinski definition) is 1. The van der Waals surface area contributed by atoms with Crippen molar-refractivity contribution in [3.05, 3.63) is 76.0 Å². The quantitative estimate of drug-likeness (QED) is 0.225.